The van der Waals surface area contributed by atoms with Crippen molar-refractivity contribution >= 4 is 32.7 Å². The quantitative estimate of drug-likeness (QED) is 0.264. The van der Waals surface area contributed by atoms with Crippen molar-refractivity contribution in [3.63, 3.8) is 0 Å². The predicted octanol–water partition coefficient (Wildman–Crippen LogP) is 8.33. The van der Waals surface area contributed by atoms with Gasteiger partial charge in [-0.15, -0.1) is 0 Å². The number of rotatable bonds is 3. The molecule has 1 unspecified atom stereocenters. The zero-order valence-corrected chi connectivity index (χ0v) is 18.8. The maximum atomic E-state index is 2.43. The monoisotopic (exact) mass is 436 g/mol. The standard InChI is InChI=1S/C32H24N2/c1-3-10-23(11-4-1)25-12-9-15-27(22-25)34-29-17-8-7-16-28(29)31-30(34)19-18-24-20-21-33(32(24)31)26-13-5-2-6-14-26/h1-10,12-23H,11H2. The van der Waals surface area contributed by atoms with E-state index in [2.05, 4.69) is 137 Å². The first-order valence-corrected chi connectivity index (χ1v) is 11.9. The summed E-state index contributed by atoms with van der Waals surface area (Å²) in [6.45, 7) is 0. The first kappa shape index (κ1) is 19.2. The molecule has 0 spiro atoms. The molecule has 2 heteroatoms. The van der Waals surface area contributed by atoms with Crippen LogP contribution in [-0.4, -0.2) is 9.13 Å². The van der Waals surface area contributed by atoms with Gasteiger partial charge in [-0.05, 0) is 54.4 Å². The van der Waals surface area contributed by atoms with Crippen molar-refractivity contribution in [3.8, 4) is 11.4 Å². The van der Waals surface area contributed by atoms with E-state index in [0.29, 0.717) is 5.92 Å². The summed E-state index contributed by atoms with van der Waals surface area (Å²) in [6.07, 6.45) is 12.1. The van der Waals surface area contributed by atoms with Gasteiger partial charge in [0.2, 0.25) is 0 Å². The van der Waals surface area contributed by atoms with Crippen LogP contribution < -0.4 is 0 Å². The number of allylic oxidation sites excluding steroid dienone is 4. The molecule has 0 bridgehead atoms. The molecule has 0 radical (unpaired) electrons. The molecule has 4 aromatic carbocycles. The summed E-state index contributed by atoms with van der Waals surface area (Å²) in [5, 5.41) is 3.84. The van der Waals surface area contributed by atoms with Crippen molar-refractivity contribution in [1.82, 2.24) is 9.13 Å². The van der Waals surface area contributed by atoms with Gasteiger partial charge in [-0.1, -0.05) is 78.9 Å². The molecule has 2 heterocycles. The molecule has 1 atom stereocenters. The molecular weight excluding hydrogens is 412 g/mol. The highest BCUT2D eigenvalue weighted by Crippen LogP contribution is 2.38. The fourth-order valence-electron chi connectivity index (χ4n) is 5.49. The Labute approximate surface area is 198 Å². The van der Waals surface area contributed by atoms with E-state index in [0.717, 1.165) is 6.42 Å². The summed E-state index contributed by atoms with van der Waals surface area (Å²) in [7, 11) is 0. The van der Waals surface area contributed by atoms with Crippen LogP contribution in [-0.2, 0) is 0 Å². The SMILES string of the molecule is C1=CCC(c2cccc(-n3c4ccccc4c4c5c(ccc43)ccn5-c3ccccc3)c2)C=C1. The lowest BCUT2D eigenvalue weighted by Gasteiger charge is -2.16. The number of hydrogen-bond donors (Lipinski definition) is 0. The number of hydrogen-bond acceptors (Lipinski definition) is 0. The Bertz CT molecular complexity index is 1730. The Morgan fingerprint density at radius 3 is 2.41 bits per heavy atom. The van der Waals surface area contributed by atoms with E-state index in [-0.39, 0.29) is 0 Å². The van der Waals surface area contributed by atoms with Crippen LogP contribution in [0.1, 0.15) is 17.9 Å². The van der Waals surface area contributed by atoms with Gasteiger partial charge in [0.25, 0.3) is 0 Å². The van der Waals surface area contributed by atoms with Gasteiger partial charge in [-0.3, -0.25) is 0 Å². The summed E-state index contributed by atoms with van der Waals surface area (Å²) in [4.78, 5) is 0. The van der Waals surface area contributed by atoms with Gasteiger partial charge in [0.15, 0.2) is 0 Å². The molecule has 0 saturated heterocycles. The normalized spacial score (nSPS) is 15.6. The summed E-state index contributed by atoms with van der Waals surface area (Å²) < 4.78 is 4.75. The van der Waals surface area contributed by atoms with E-state index >= 15 is 0 Å². The maximum Gasteiger partial charge on any atom is 0.0628 e. The second-order valence-corrected chi connectivity index (χ2v) is 9.02. The van der Waals surface area contributed by atoms with Gasteiger partial charge < -0.3 is 9.13 Å². The molecule has 7 rings (SSSR count). The van der Waals surface area contributed by atoms with E-state index in [4.69, 9.17) is 0 Å². The second-order valence-electron chi connectivity index (χ2n) is 9.02. The molecule has 0 aliphatic heterocycles. The fraction of sp³-hybridized carbons (Fsp3) is 0.0625. The van der Waals surface area contributed by atoms with Crippen LogP contribution in [0.5, 0.6) is 0 Å². The third-order valence-corrected chi connectivity index (χ3v) is 7.06. The second kappa shape index (κ2) is 7.64. The molecule has 0 fully saturated rings. The molecule has 34 heavy (non-hydrogen) atoms. The molecule has 2 aromatic heterocycles. The van der Waals surface area contributed by atoms with Crippen LogP contribution in [0.25, 0.3) is 44.1 Å². The lowest BCUT2D eigenvalue weighted by atomic mass is 9.92. The Kier molecular flexibility index (Phi) is 4.31. The molecule has 1 aliphatic rings. The van der Waals surface area contributed by atoms with Gasteiger partial charge in [0.05, 0.1) is 16.6 Å². The van der Waals surface area contributed by atoms with E-state index in [9.17, 15) is 0 Å². The molecule has 6 aromatic rings. The molecular formula is C32H24N2. The van der Waals surface area contributed by atoms with Crippen molar-refractivity contribution in [2.45, 2.75) is 12.3 Å². The average Bonchev–Trinajstić information content (AvgIpc) is 3.49. The van der Waals surface area contributed by atoms with Crippen LogP contribution in [0.15, 0.2) is 128 Å². The van der Waals surface area contributed by atoms with Gasteiger partial charge in [0.1, 0.15) is 0 Å². The van der Waals surface area contributed by atoms with Crippen LogP contribution in [0.4, 0.5) is 0 Å². The molecule has 0 amide bonds. The van der Waals surface area contributed by atoms with Crippen LogP contribution in [0.3, 0.4) is 0 Å². The minimum Gasteiger partial charge on any atom is -0.316 e. The van der Waals surface area contributed by atoms with Crippen LogP contribution in [0.2, 0.25) is 0 Å². The van der Waals surface area contributed by atoms with E-state index in [1.807, 2.05) is 0 Å². The lowest BCUT2D eigenvalue weighted by Crippen LogP contribution is -1.99. The summed E-state index contributed by atoms with van der Waals surface area (Å²) >= 11 is 0. The van der Waals surface area contributed by atoms with Crippen molar-refractivity contribution in [1.29, 1.82) is 0 Å². The van der Waals surface area contributed by atoms with Gasteiger partial charge >= 0.3 is 0 Å². The van der Waals surface area contributed by atoms with Crippen molar-refractivity contribution in [2.75, 3.05) is 0 Å². The van der Waals surface area contributed by atoms with Gasteiger partial charge in [-0.2, -0.15) is 0 Å². The van der Waals surface area contributed by atoms with Crippen LogP contribution >= 0.6 is 0 Å². The third-order valence-electron chi connectivity index (χ3n) is 7.06. The Morgan fingerprint density at radius 2 is 1.53 bits per heavy atom. The third kappa shape index (κ3) is 2.89. The van der Waals surface area contributed by atoms with E-state index in [1.165, 1.54) is 49.6 Å². The highest BCUT2D eigenvalue weighted by Gasteiger charge is 2.18. The van der Waals surface area contributed by atoms with E-state index < -0.39 is 0 Å². The first-order chi connectivity index (χ1) is 16.9. The fourth-order valence-corrected chi connectivity index (χ4v) is 5.49. The smallest absolute Gasteiger partial charge is 0.0628 e. The number of nitrogens with zero attached hydrogens (tertiary/aromatic N) is 2. The number of aromatic nitrogens is 2. The average molecular weight is 437 g/mol. The topological polar surface area (TPSA) is 9.86 Å². The molecule has 0 N–H and O–H groups in total. The van der Waals surface area contributed by atoms with Crippen molar-refractivity contribution in [2.24, 2.45) is 0 Å². The Balaban J connectivity index is 1.54. The molecule has 162 valence electrons. The molecule has 2 nitrogen and oxygen atoms in total. The summed E-state index contributed by atoms with van der Waals surface area (Å²) in [5.41, 5.74) is 7.49. The van der Waals surface area contributed by atoms with Crippen molar-refractivity contribution in [3.05, 3.63) is 133 Å². The number of fused-ring (bicyclic) bond motifs is 5. The maximum absolute atomic E-state index is 2.43. The van der Waals surface area contributed by atoms with Crippen LogP contribution in [0, 0.1) is 0 Å². The van der Waals surface area contributed by atoms with Crippen molar-refractivity contribution < 1.29 is 0 Å². The predicted molar refractivity (Wildman–Crippen MR) is 143 cm³/mol. The first-order valence-electron chi connectivity index (χ1n) is 11.9. The summed E-state index contributed by atoms with van der Waals surface area (Å²) in [6, 6.07) is 35.2. The summed E-state index contributed by atoms with van der Waals surface area (Å²) in [5.74, 6) is 0.431. The molecule has 1 aliphatic carbocycles. The largest absolute Gasteiger partial charge is 0.316 e. The van der Waals surface area contributed by atoms with Gasteiger partial charge in [-0.25, -0.2) is 0 Å². The zero-order chi connectivity index (χ0) is 22.5. The highest BCUT2D eigenvalue weighted by molar-refractivity contribution is 6.20. The number of para-hydroxylation sites is 2. The van der Waals surface area contributed by atoms with Gasteiger partial charge in [0, 0.05) is 39.6 Å². The Hall–Kier alpha value is -4.30. The molecule has 0 saturated carbocycles. The highest BCUT2D eigenvalue weighted by atomic mass is 15.0. The Morgan fingerprint density at radius 1 is 0.676 bits per heavy atom. The number of benzene rings is 4. The van der Waals surface area contributed by atoms with E-state index in [1.54, 1.807) is 0 Å². The lowest BCUT2D eigenvalue weighted by molar-refractivity contribution is 0.852. The zero-order valence-electron chi connectivity index (χ0n) is 18.8. The minimum absolute atomic E-state index is 0.431. The minimum atomic E-state index is 0.431.